The maximum atomic E-state index is 12.9. The lowest BCUT2D eigenvalue weighted by atomic mass is 10.1. The third-order valence-corrected chi connectivity index (χ3v) is 5.54. The summed E-state index contributed by atoms with van der Waals surface area (Å²) in [4.78, 5) is 34.6. The molecular weight excluding hydrogens is 414 g/mol. The number of rotatable bonds is 5. The summed E-state index contributed by atoms with van der Waals surface area (Å²) in [6.45, 7) is 0.417. The van der Waals surface area contributed by atoms with Gasteiger partial charge in [0, 0.05) is 25.2 Å². The van der Waals surface area contributed by atoms with Crippen molar-refractivity contribution >= 4 is 39.6 Å². The number of hydrogen-bond acceptors (Lipinski definition) is 4. The number of hydrogen-bond donors (Lipinski definition) is 2. The Kier molecular flexibility index (Phi) is 5.28. The number of aryl methyl sites for hydroxylation is 1. The first-order valence-electron chi connectivity index (χ1n) is 10.5. The summed E-state index contributed by atoms with van der Waals surface area (Å²) >= 11 is 0. The van der Waals surface area contributed by atoms with E-state index < -0.39 is 0 Å². The van der Waals surface area contributed by atoms with Gasteiger partial charge in [-0.2, -0.15) is 0 Å². The summed E-state index contributed by atoms with van der Waals surface area (Å²) in [5.74, 6) is -0.251. The Morgan fingerprint density at radius 1 is 0.879 bits per heavy atom. The minimum absolute atomic E-state index is 0.225. The average molecular weight is 435 g/mol. The van der Waals surface area contributed by atoms with Crippen LogP contribution in [-0.4, -0.2) is 26.3 Å². The smallest absolute Gasteiger partial charge is 0.276 e. The Hall–Kier alpha value is -4.52. The van der Waals surface area contributed by atoms with Crippen molar-refractivity contribution in [2.24, 2.45) is 7.05 Å². The van der Waals surface area contributed by atoms with Crippen molar-refractivity contribution < 1.29 is 9.59 Å². The van der Waals surface area contributed by atoms with E-state index in [9.17, 15) is 9.59 Å². The molecule has 0 aliphatic heterocycles. The Bertz CT molecular complexity index is 1490. The van der Waals surface area contributed by atoms with E-state index in [-0.39, 0.29) is 11.8 Å². The van der Waals surface area contributed by atoms with E-state index in [4.69, 9.17) is 0 Å². The van der Waals surface area contributed by atoms with Gasteiger partial charge in [-0.05, 0) is 29.1 Å². The predicted molar refractivity (Wildman–Crippen MR) is 128 cm³/mol. The first-order chi connectivity index (χ1) is 16.1. The monoisotopic (exact) mass is 435 g/mol. The second kappa shape index (κ2) is 8.55. The predicted octanol–water partition coefficient (Wildman–Crippen LogP) is 4.30. The van der Waals surface area contributed by atoms with Gasteiger partial charge >= 0.3 is 0 Å². The SMILES string of the molecule is Cn1c(NC(=O)c2cc3ccccc3cn2)nc2c(C(=O)NCc3ccccc3)cccc21. The van der Waals surface area contributed by atoms with E-state index in [1.807, 2.05) is 60.7 Å². The maximum Gasteiger partial charge on any atom is 0.276 e. The normalized spacial score (nSPS) is 10.9. The molecule has 0 aliphatic rings. The van der Waals surface area contributed by atoms with Gasteiger partial charge in [-0.25, -0.2) is 4.98 Å². The zero-order valence-electron chi connectivity index (χ0n) is 17.9. The van der Waals surface area contributed by atoms with Gasteiger partial charge in [0.1, 0.15) is 11.2 Å². The zero-order valence-corrected chi connectivity index (χ0v) is 17.9. The van der Waals surface area contributed by atoms with Crippen LogP contribution in [0.25, 0.3) is 21.8 Å². The van der Waals surface area contributed by atoms with E-state index in [1.54, 1.807) is 36.0 Å². The lowest BCUT2D eigenvalue weighted by Crippen LogP contribution is -2.23. The molecule has 162 valence electrons. The molecule has 33 heavy (non-hydrogen) atoms. The van der Waals surface area contributed by atoms with Crippen LogP contribution >= 0.6 is 0 Å². The van der Waals surface area contributed by atoms with Crippen molar-refractivity contribution in [3.05, 3.63) is 102 Å². The third kappa shape index (κ3) is 4.04. The highest BCUT2D eigenvalue weighted by atomic mass is 16.2. The highest BCUT2D eigenvalue weighted by Crippen LogP contribution is 2.23. The van der Waals surface area contributed by atoms with Crippen molar-refractivity contribution in [2.45, 2.75) is 6.54 Å². The number of para-hydroxylation sites is 1. The number of benzene rings is 3. The number of nitrogens with zero attached hydrogens (tertiary/aromatic N) is 3. The molecule has 0 saturated heterocycles. The molecule has 2 heterocycles. The summed E-state index contributed by atoms with van der Waals surface area (Å²) in [6, 6.07) is 24.6. The van der Waals surface area contributed by atoms with Crippen LogP contribution in [0.1, 0.15) is 26.4 Å². The van der Waals surface area contributed by atoms with Crippen LogP contribution in [-0.2, 0) is 13.6 Å². The van der Waals surface area contributed by atoms with E-state index in [0.29, 0.717) is 29.3 Å². The van der Waals surface area contributed by atoms with Crippen molar-refractivity contribution in [2.75, 3.05) is 5.32 Å². The Balaban J connectivity index is 1.40. The van der Waals surface area contributed by atoms with Crippen molar-refractivity contribution in [3.8, 4) is 0 Å². The third-order valence-electron chi connectivity index (χ3n) is 5.54. The Morgan fingerprint density at radius 3 is 2.45 bits per heavy atom. The minimum Gasteiger partial charge on any atom is -0.348 e. The molecule has 0 spiro atoms. The van der Waals surface area contributed by atoms with Gasteiger partial charge in [-0.1, -0.05) is 60.7 Å². The Morgan fingerprint density at radius 2 is 1.64 bits per heavy atom. The number of amides is 2. The molecule has 5 aromatic rings. The summed E-state index contributed by atoms with van der Waals surface area (Å²) in [6.07, 6.45) is 1.67. The number of carbonyl (C=O) groups excluding carboxylic acids is 2. The molecule has 5 rings (SSSR count). The van der Waals surface area contributed by atoms with Crippen LogP contribution in [0.5, 0.6) is 0 Å². The van der Waals surface area contributed by atoms with Crippen molar-refractivity contribution in [3.63, 3.8) is 0 Å². The van der Waals surface area contributed by atoms with Gasteiger partial charge in [-0.15, -0.1) is 0 Å². The van der Waals surface area contributed by atoms with Crippen LogP contribution < -0.4 is 10.6 Å². The number of pyridine rings is 1. The fraction of sp³-hybridized carbons (Fsp3) is 0.0769. The lowest BCUT2D eigenvalue weighted by molar-refractivity contribution is 0.0951. The molecule has 3 aromatic carbocycles. The Labute approximate surface area is 190 Å². The van der Waals surface area contributed by atoms with E-state index in [2.05, 4.69) is 20.6 Å². The molecule has 0 saturated carbocycles. The number of nitrogens with one attached hydrogen (secondary N) is 2. The molecule has 0 atom stereocenters. The van der Waals surface area contributed by atoms with Crippen LogP contribution in [0.4, 0.5) is 5.95 Å². The van der Waals surface area contributed by atoms with Crippen molar-refractivity contribution in [1.82, 2.24) is 19.9 Å². The van der Waals surface area contributed by atoms with Crippen LogP contribution in [0, 0.1) is 0 Å². The first-order valence-corrected chi connectivity index (χ1v) is 10.5. The summed E-state index contributed by atoms with van der Waals surface area (Å²) < 4.78 is 1.75. The molecule has 0 fully saturated rings. The maximum absolute atomic E-state index is 12.9. The molecule has 7 heteroatoms. The largest absolute Gasteiger partial charge is 0.348 e. The minimum atomic E-state index is -0.366. The first kappa shape index (κ1) is 20.4. The molecule has 0 unspecified atom stereocenters. The summed E-state index contributed by atoms with van der Waals surface area (Å²) in [5.41, 5.74) is 3.01. The van der Waals surface area contributed by atoms with Gasteiger partial charge in [0.15, 0.2) is 0 Å². The fourth-order valence-electron chi connectivity index (χ4n) is 3.76. The van der Waals surface area contributed by atoms with Gasteiger partial charge in [0.05, 0.1) is 11.1 Å². The van der Waals surface area contributed by atoms with Crippen LogP contribution in [0.15, 0.2) is 85.1 Å². The fourth-order valence-corrected chi connectivity index (χ4v) is 3.76. The number of imidazole rings is 1. The van der Waals surface area contributed by atoms with E-state index in [0.717, 1.165) is 21.9 Å². The van der Waals surface area contributed by atoms with Crippen molar-refractivity contribution in [1.29, 1.82) is 0 Å². The standard InChI is InChI=1S/C26H21N5O2/c1-31-22-13-7-12-20(24(32)28-15-17-8-3-2-4-9-17)23(22)29-26(31)30-25(33)21-14-18-10-5-6-11-19(18)16-27-21/h2-14,16H,15H2,1H3,(H,28,32)(H,29,30,33). The van der Waals surface area contributed by atoms with E-state index in [1.165, 1.54) is 0 Å². The average Bonchev–Trinajstić information content (AvgIpc) is 3.18. The second-order valence-corrected chi connectivity index (χ2v) is 7.71. The quantitative estimate of drug-likeness (QED) is 0.431. The zero-order chi connectivity index (χ0) is 22.8. The number of aromatic nitrogens is 3. The second-order valence-electron chi connectivity index (χ2n) is 7.71. The number of fused-ring (bicyclic) bond motifs is 2. The van der Waals surface area contributed by atoms with Gasteiger partial charge in [0.2, 0.25) is 5.95 Å². The molecule has 2 N–H and O–H groups in total. The molecule has 0 aliphatic carbocycles. The molecule has 7 nitrogen and oxygen atoms in total. The molecule has 0 bridgehead atoms. The van der Waals surface area contributed by atoms with Crippen LogP contribution in [0.3, 0.4) is 0 Å². The van der Waals surface area contributed by atoms with Gasteiger partial charge in [-0.3, -0.25) is 19.9 Å². The molecule has 2 aromatic heterocycles. The molecule has 0 radical (unpaired) electrons. The van der Waals surface area contributed by atoms with E-state index >= 15 is 0 Å². The topological polar surface area (TPSA) is 88.9 Å². The highest BCUT2D eigenvalue weighted by Gasteiger charge is 2.18. The highest BCUT2D eigenvalue weighted by molar-refractivity contribution is 6.07. The number of anilines is 1. The van der Waals surface area contributed by atoms with Gasteiger partial charge in [0.25, 0.3) is 11.8 Å². The molecule has 2 amide bonds. The van der Waals surface area contributed by atoms with Gasteiger partial charge < -0.3 is 9.88 Å². The number of carbonyl (C=O) groups is 2. The summed E-state index contributed by atoms with van der Waals surface area (Å²) in [7, 11) is 1.80. The lowest BCUT2D eigenvalue weighted by Gasteiger charge is -2.06. The molecular formula is C26H21N5O2. The summed E-state index contributed by atoms with van der Waals surface area (Å²) in [5, 5.41) is 7.65. The van der Waals surface area contributed by atoms with Crippen LogP contribution in [0.2, 0.25) is 0 Å².